The number of hydrogen-bond acceptors (Lipinski definition) is 3. The Labute approximate surface area is 110 Å². The first-order valence-corrected chi connectivity index (χ1v) is 6.73. The lowest BCUT2D eigenvalue weighted by Gasteiger charge is -2.10. The van der Waals surface area contributed by atoms with Crippen molar-refractivity contribution in [2.75, 3.05) is 16.8 Å². The van der Waals surface area contributed by atoms with Crippen molar-refractivity contribution in [2.24, 2.45) is 0 Å². The van der Waals surface area contributed by atoms with Crippen LogP contribution >= 0.6 is 11.8 Å². The van der Waals surface area contributed by atoms with Crippen molar-refractivity contribution >= 4 is 28.8 Å². The van der Waals surface area contributed by atoms with Crippen LogP contribution in [0.4, 0.5) is 21.5 Å². The molecule has 0 spiro atoms. The monoisotopic (exact) mass is 262 g/mol. The van der Waals surface area contributed by atoms with Gasteiger partial charge in [-0.1, -0.05) is 13.0 Å². The highest BCUT2D eigenvalue weighted by atomic mass is 32.2. The van der Waals surface area contributed by atoms with Crippen molar-refractivity contribution in [3.05, 3.63) is 48.3 Å². The first-order valence-electron chi connectivity index (χ1n) is 5.74. The summed E-state index contributed by atoms with van der Waals surface area (Å²) in [6, 6.07) is 12.7. The number of halogens is 1. The minimum atomic E-state index is -0.404. The molecule has 2 aromatic rings. The van der Waals surface area contributed by atoms with Crippen LogP contribution < -0.4 is 11.1 Å². The molecule has 2 aromatic carbocycles. The summed E-state index contributed by atoms with van der Waals surface area (Å²) in [5.74, 6) is 0.641. The molecule has 0 aromatic heterocycles. The van der Waals surface area contributed by atoms with E-state index in [2.05, 4.69) is 12.2 Å². The van der Waals surface area contributed by atoms with Crippen LogP contribution in [0.5, 0.6) is 0 Å². The van der Waals surface area contributed by atoms with Crippen LogP contribution in [0.2, 0.25) is 0 Å². The van der Waals surface area contributed by atoms with E-state index in [1.54, 1.807) is 23.9 Å². The van der Waals surface area contributed by atoms with Gasteiger partial charge < -0.3 is 11.1 Å². The maximum atomic E-state index is 13.3. The van der Waals surface area contributed by atoms with Crippen molar-refractivity contribution in [3.63, 3.8) is 0 Å². The molecule has 3 N–H and O–H groups in total. The zero-order valence-electron chi connectivity index (χ0n) is 10.1. The Morgan fingerprint density at radius 1 is 1.17 bits per heavy atom. The molecule has 94 valence electrons. The maximum absolute atomic E-state index is 13.3. The predicted molar refractivity (Wildman–Crippen MR) is 76.9 cm³/mol. The second-order valence-electron chi connectivity index (χ2n) is 3.78. The van der Waals surface area contributed by atoms with Crippen molar-refractivity contribution in [1.82, 2.24) is 0 Å². The topological polar surface area (TPSA) is 38.0 Å². The highest BCUT2D eigenvalue weighted by molar-refractivity contribution is 7.99. The molecule has 2 nitrogen and oxygen atoms in total. The van der Waals surface area contributed by atoms with Crippen LogP contribution in [0, 0.1) is 5.82 Å². The van der Waals surface area contributed by atoms with Gasteiger partial charge in [-0.25, -0.2) is 4.39 Å². The summed E-state index contributed by atoms with van der Waals surface area (Å²) < 4.78 is 13.3. The molecule has 0 aliphatic rings. The highest BCUT2D eigenvalue weighted by Gasteiger charge is 2.04. The Hall–Kier alpha value is -1.68. The molecule has 0 saturated carbocycles. The second-order valence-corrected chi connectivity index (χ2v) is 5.12. The zero-order valence-corrected chi connectivity index (χ0v) is 10.9. The number of hydrogen-bond donors (Lipinski definition) is 2. The van der Waals surface area contributed by atoms with Crippen LogP contribution in [0.1, 0.15) is 6.92 Å². The third-order valence-corrected chi connectivity index (χ3v) is 3.39. The number of nitrogens with one attached hydrogen (secondary N) is 1. The van der Waals surface area contributed by atoms with E-state index in [4.69, 9.17) is 5.73 Å². The van der Waals surface area contributed by atoms with Crippen LogP contribution in [-0.4, -0.2) is 5.75 Å². The molecule has 0 heterocycles. The fraction of sp³-hybridized carbons (Fsp3) is 0.143. The van der Waals surface area contributed by atoms with E-state index in [-0.39, 0.29) is 5.69 Å². The average Bonchev–Trinajstić information content (AvgIpc) is 2.38. The maximum Gasteiger partial charge on any atom is 0.148 e. The van der Waals surface area contributed by atoms with E-state index in [9.17, 15) is 4.39 Å². The number of benzene rings is 2. The largest absolute Gasteiger partial charge is 0.395 e. The first kappa shape index (κ1) is 12.8. The molecule has 0 bridgehead atoms. The van der Waals surface area contributed by atoms with Gasteiger partial charge in [0.15, 0.2) is 0 Å². The van der Waals surface area contributed by atoms with E-state index in [1.165, 1.54) is 11.0 Å². The number of anilines is 3. The fourth-order valence-corrected chi connectivity index (χ4v) is 2.26. The van der Waals surface area contributed by atoms with Gasteiger partial charge in [-0.2, -0.15) is 0 Å². The second kappa shape index (κ2) is 5.78. The molecule has 0 radical (unpaired) electrons. The third kappa shape index (κ3) is 2.96. The Morgan fingerprint density at radius 2 is 1.89 bits per heavy atom. The van der Waals surface area contributed by atoms with E-state index < -0.39 is 5.82 Å². The van der Waals surface area contributed by atoms with Gasteiger partial charge in [-0.3, -0.25) is 0 Å². The molecule has 0 amide bonds. The van der Waals surface area contributed by atoms with Gasteiger partial charge in [0.05, 0.1) is 11.4 Å². The molecule has 4 heteroatoms. The predicted octanol–water partition coefficient (Wildman–Crippen LogP) is 4.26. The Morgan fingerprint density at radius 3 is 2.56 bits per heavy atom. The van der Waals surface area contributed by atoms with Gasteiger partial charge in [0.25, 0.3) is 0 Å². The summed E-state index contributed by atoms with van der Waals surface area (Å²) >= 11 is 1.78. The van der Waals surface area contributed by atoms with Gasteiger partial charge in [-0.15, -0.1) is 11.8 Å². The Balaban J connectivity index is 2.16. The number of rotatable bonds is 4. The van der Waals surface area contributed by atoms with Crippen molar-refractivity contribution in [3.8, 4) is 0 Å². The average molecular weight is 262 g/mol. The van der Waals surface area contributed by atoms with E-state index in [0.29, 0.717) is 5.69 Å². The third-order valence-electron chi connectivity index (χ3n) is 2.50. The fourth-order valence-electron chi connectivity index (χ4n) is 1.60. The molecule has 0 aliphatic heterocycles. The minimum absolute atomic E-state index is 0.143. The van der Waals surface area contributed by atoms with Crippen molar-refractivity contribution < 1.29 is 4.39 Å². The summed E-state index contributed by atoms with van der Waals surface area (Å²) in [4.78, 5) is 1.22. The van der Waals surface area contributed by atoms with Crippen molar-refractivity contribution in [2.45, 2.75) is 11.8 Å². The van der Waals surface area contributed by atoms with Gasteiger partial charge >= 0.3 is 0 Å². The lowest BCUT2D eigenvalue weighted by molar-refractivity contribution is 0.633. The quantitative estimate of drug-likeness (QED) is 0.638. The van der Waals surface area contributed by atoms with E-state index in [1.807, 2.05) is 24.3 Å². The summed E-state index contributed by atoms with van der Waals surface area (Å²) in [6.45, 7) is 2.12. The molecule has 2 rings (SSSR count). The smallest absolute Gasteiger partial charge is 0.148 e. The van der Waals surface area contributed by atoms with Crippen LogP contribution in [0.15, 0.2) is 47.4 Å². The van der Waals surface area contributed by atoms with Crippen LogP contribution in [0.3, 0.4) is 0 Å². The van der Waals surface area contributed by atoms with E-state index >= 15 is 0 Å². The van der Waals surface area contributed by atoms with Crippen molar-refractivity contribution in [1.29, 1.82) is 0 Å². The van der Waals surface area contributed by atoms with Crippen LogP contribution in [-0.2, 0) is 0 Å². The van der Waals surface area contributed by atoms with Gasteiger partial charge in [0.1, 0.15) is 5.82 Å². The number of para-hydroxylation sites is 1. The molecule has 0 fully saturated rings. The summed E-state index contributed by atoms with van der Waals surface area (Å²) in [5.41, 5.74) is 7.29. The standard InChI is InChI=1S/C14H15FN2S/c1-2-18-11-8-6-10(7-9-11)17-13-5-3-4-12(15)14(13)16/h3-9,17H,2,16H2,1H3. The highest BCUT2D eigenvalue weighted by Crippen LogP contribution is 2.26. The summed E-state index contributed by atoms with van der Waals surface area (Å²) in [7, 11) is 0. The Bertz CT molecular complexity index is 526. The van der Waals surface area contributed by atoms with Gasteiger partial charge in [0, 0.05) is 10.6 Å². The van der Waals surface area contributed by atoms with Gasteiger partial charge in [0.2, 0.25) is 0 Å². The summed E-state index contributed by atoms with van der Waals surface area (Å²) in [5, 5.41) is 3.11. The molecule has 0 aliphatic carbocycles. The lowest BCUT2D eigenvalue weighted by Crippen LogP contribution is -1.98. The zero-order chi connectivity index (χ0) is 13.0. The molecular formula is C14H15FN2S. The molecular weight excluding hydrogens is 247 g/mol. The lowest BCUT2D eigenvalue weighted by atomic mass is 10.2. The van der Waals surface area contributed by atoms with E-state index in [0.717, 1.165) is 11.4 Å². The van der Waals surface area contributed by atoms with Crippen LogP contribution in [0.25, 0.3) is 0 Å². The Kier molecular flexibility index (Phi) is 4.10. The number of thioether (sulfide) groups is 1. The van der Waals surface area contributed by atoms with Gasteiger partial charge in [-0.05, 0) is 42.2 Å². The number of nitrogens with two attached hydrogens (primary N) is 1. The molecule has 18 heavy (non-hydrogen) atoms. The first-order chi connectivity index (χ1) is 8.70. The summed E-state index contributed by atoms with van der Waals surface area (Å²) in [6.07, 6.45) is 0. The number of nitrogen functional groups attached to an aromatic ring is 1. The molecule has 0 atom stereocenters. The minimum Gasteiger partial charge on any atom is -0.395 e. The molecule has 0 saturated heterocycles. The SMILES string of the molecule is CCSc1ccc(Nc2cccc(F)c2N)cc1. The normalized spacial score (nSPS) is 10.3. The molecule has 0 unspecified atom stereocenters.